The maximum Gasteiger partial charge on any atom is 0.308 e. The highest BCUT2D eigenvalue weighted by molar-refractivity contribution is 5.93. The van der Waals surface area contributed by atoms with Crippen molar-refractivity contribution in [2.24, 2.45) is 18.9 Å². The van der Waals surface area contributed by atoms with Crippen molar-refractivity contribution < 1.29 is 14.7 Å². The first-order chi connectivity index (χ1) is 12.4. The Morgan fingerprint density at radius 3 is 2.54 bits per heavy atom. The van der Waals surface area contributed by atoms with Crippen molar-refractivity contribution in [2.45, 2.75) is 26.2 Å². The minimum atomic E-state index is -0.861. The molecule has 2 aromatic rings. The Labute approximate surface area is 153 Å². The summed E-state index contributed by atoms with van der Waals surface area (Å²) in [6, 6.07) is 11.4. The number of nitrogens with zero attached hydrogens (tertiary/aromatic N) is 3. The summed E-state index contributed by atoms with van der Waals surface area (Å²) in [5, 5.41) is 14.0. The number of rotatable bonds is 5. The van der Waals surface area contributed by atoms with Crippen molar-refractivity contribution in [3.63, 3.8) is 0 Å². The number of carbonyl (C=O) groups is 2. The van der Waals surface area contributed by atoms with Crippen molar-refractivity contribution in [1.29, 1.82) is 0 Å². The lowest BCUT2D eigenvalue weighted by Gasteiger charge is -2.16. The van der Waals surface area contributed by atoms with Crippen LogP contribution in [0.2, 0.25) is 0 Å². The van der Waals surface area contributed by atoms with Gasteiger partial charge in [-0.15, -0.1) is 0 Å². The second-order valence-corrected chi connectivity index (χ2v) is 7.41. The largest absolute Gasteiger partial charge is 0.481 e. The summed E-state index contributed by atoms with van der Waals surface area (Å²) >= 11 is 0. The molecular weight excluding hydrogens is 330 g/mol. The van der Waals surface area contributed by atoms with Gasteiger partial charge in [-0.05, 0) is 24.0 Å². The summed E-state index contributed by atoms with van der Waals surface area (Å²) in [6.07, 6.45) is 0.811. The highest BCUT2D eigenvalue weighted by atomic mass is 16.4. The minimum absolute atomic E-state index is 0.153. The molecule has 2 heterocycles. The zero-order valence-corrected chi connectivity index (χ0v) is 15.4. The van der Waals surface area contributed by atoms with Gasteiger partial charge in [-0.1, -0.05) is 44.2 Å². The average Bonchev–Trinajstić information content (AvgIpc) is 3.18. The smallest absolute Gasteiger partial charge is 0.308 e. The van der Waals surface area contributed by atoms with Gasteiger partial charge in [0, 0.05) is 26.1 Å². The maximum atomic E-state index is 13.0. The van der Waals surface area contributed by atoms with Crippen LogP contribution >= 0.6 is 0 Å². The van der Waals surface area contributed by atoms with Crippen LogP contribution in [0.15, 0.2) is 36.4 Å². The summed E-state index contributed by atoms with van der Waals surface area (Å²) in [5.74, 6) is -1.34. The lowest BCUT2D eigenvalue weighted by atomic mass is 9.89. The molecule has 1 aliphatic rings. The van der Waals surface area contributed by atoms with Crippen LogP contribution in [0.3, 0.4) is 0 Å². The van der Waals surface area contributed by atoms with Crippen LogP contribution in [-0.4, -0.2) is 44.8 Å². The fraction of sp³-hybridized carbons (Fsp3) is 0.450. The molecule has 1 aromatic heterocycles. The molecule has 1 saturated heterocycles. The molecule has 1 N–H and O–H groups in total. The van der Waals surface area contributed by atoms with E-state index in [0.29, 0.717) is 18.2 Å². The number of carboxylic acid groups (broad SMARTS) is 1. The van der Waals surface area contributed by atoms with E-state index in [0.717, 1.165) is 17.7 Å². The van der Waals surface area contributed by atoms with Crippen molar-refractivity contribution in [3.05, 3.63) is 53.3 Å². The molecular formula is C20H25N3O3. The van der Waals surface area contributed by atoms with E-state index >= 15 is 0 Å². The number of carboxylic acids is 1. The molecule has 0 spiro atoms. The number of likely N-dealkylation sites (tertiary alicyclic amines) is 1. The van der Waals surface area contributed by atoms with Gasteiger partial charge in [0.2, 0.25) is 0 Å². The predicted octanol–water partition coefficient (Wildman–Crippen LogP) is 2.56. The Balaban J connectivity index is 1.82. The number of aromatic nitrogens is 2. The summed E-state index contributed by atoms with van der Waals surface area (Å²) in [4.78, 5) is 26.4. The standard InChI is InChI=1S/C20H25N3O3/c1-13(2)9-15-10-18(22(3)21-15)19(24)23-11-16(17(12-23)20(25)26)14-7-5-4-6-8-14/h4-8,10,13,16-17H,9,11-12H2,1-3H3,(H,25,26). The third-order valence-electron chi connectivity index (χ3n) is 4.92. The van der Waals surface area contributed by atoms with Crippen LogP contribution in [0, 0.1) is 11.8 Å². The summed E-state index contributed by atoms with van der Waals surface area (Å²) < 4.78 is 1.60. The van der Waals surface area contributed by atoms with E-state index in [1.54, 1.807) is 16.6 Å². The van der Waals surface area contributed by atoms with Gasteiger partial charge in [-0.25, -0.2) is 0 Å². The van der Waals surface area contributed by atoms with Crippen LogP contribution in [0.4, 0.5) is 0 Å². The average molecular weight is 355 g/mol. The number of aliphatic carboxylic acids is 1. The van der Waals surface area contributed by atoms with E-state index in [-0.39, 0.29) is 18.4 Å². The Morgan fingerprint density at radius 2 is 1.92 bits per heavy atom. The van der Waals surface area contributed by atoms with Gasteiger partial charge in [0.1, 0.15) is 5.69 Å². The molecule has 1 amide bonds. The number of aryl methyl sites for hydroxylation is 1. The molecule has 6 nitrogen and oxygen atoms in total. The van der Waals surface area contributed by atoms with E-state index in [1.165, 1.54) is 0 Å². The summed E-state index contributed by atoms with van der Waals surface area (Å²) in [7, 11) is 1.76. The first-order valence-corrected chi connectivity index (χ1v) is 8.96. The Bertz CT molecular complexity index is 798. The number of carbonyl (C=O) groups excluding carboxylic acids is 1. The highest BCUT2D eigenvalue weighted by Crippen LogP contribution is 2.33. The number of hydrogen-bond donors (Lipinski definition) is 1. The second-order valence-electron chi connectivity index (χ2n) is 7.41. The van der Waals surface area contributed by atoms with Crippen molar-refractivity contribution in [3.8, 4) is 0 Å². The number of benzene rings is 1. The van der Waals surface area contributed by atoms with Gasteiger partial charge in [0.15, 0.2) is 0 Å². The molecule has 0 radical (unpaired) electrons. The first-order valence-electron chi connectivity index (χ1n) is 8.96. The molecule has 138 valence electrons. The van der Waals surface area contributed by atoms with Crippen LogP contribution in [-0.2, 0) is 18.3 Å². The molecule has 26 heavy (non-hydrogen) atoms. The van der Waals surface area contributed by atoms with Crippen LogP contribution in [0.1, 0.15) is 41.5 Å². The van der Waals surface area contributed by atoms with E-state index in [2.05, 4.69) is 18.9 Å². The molecule has 3 rings (SSSR count). The number of amides is 1. The zero-order valence-electron chi connectivity index (χ0n) is 15.4. The highest BCUT2D eigenvalue weighted by Gasteiger charge is 2.41. The lowest BCUT2D eigenvalue weighted by molar-refractivity contribution is -0.141. The fourth-order valence-corrected chi connectivity index (χ4v) is 3.66. The molecule has 6 heteroatoms. The summed E-state index contributed by atoms with van der Waals surface area (Å²) in [5.41, 5.74) is 2.36. The van der Waals surface area contributed by atoms with Crippen LogP contribution in [0.25, 0.3) is 0 Å². The van der Waals surface area contributed by atoms with E-state index in [1.807, 2.05) is 36.4 Å². The molecule has 2 atom stereocenters. The first kappa shape index (κ1) is 18.2. The quantitative estimate of drug-likeness (QED) is 0.894. The van der Waals surface area contributed by atoms with Gasteiger partial charge in [-0.2, -0.15) is 5.10 Å². The Morgan fingerprint density at radius 1 is 1.23 bits per heavy atom. The summed E-state index contributed by atoms with van der Waals surface area (Å²) in [6.45, 7) is 4.85. The van der Waals surface area contributed by atoms with E-state index in [9.17, 15) is 14.7 Å². The third kappa shape index (κ3) is 3.64. The van der Waals surface area contributed by atoms with E-state index in [4.69, 9.17) is 0 Å². The monoisotopic (exact) mass is 355 g/mol. The maximum absolute atomic E-state index is 13.0. The molecule has 0 saturated carbocycles. The van der Waals surface area contributed by atoms with Gasteiger partial charge >= 0.3 is 5.97 Å². The number of hydrogen-bond acceptors (Lipinski definition) is 3. The van der Waals surface area contributed by atoms with Gasteiger partial charge in [0.25, 0.3) is 5.91 Å². The fourth-order valence-electron chi connectivity index (χ4n) is 3.66. The normalized spacial score (nSPS) is 19.9. The third-order valence-corrected chi connectivity index (χ3v) is 4.92. The molecule has 0 bridgehead atoms. The van der Waals surface area contributed by atoms with Crippen LogP contribution < -0.4 is 0 Å². The van der Waals surface area contributed by atoms with Crippen LogP contribution in [0.5, 0.6) is 0 Å². The SMILES string of the molecule is CC(C)Cc1cc(C(=O)N2CC(C(=O)O)C(c3ccccc3)C2)n(C)n1. The molecule has 1 aromatic carbocycles. The Hall–Kier alpha value is -2.63. The second kappa shape index (κ2) is 7.32. The Kier molecular flexibility index (Phi) is 5.11. The van der Waals surface area contributed by atoms with Crippen molar-refractivity contribution >= 4 is 11.9 Å². The van der Waals surface area contributed by atoms with E-state index < -0.39 is 11.9 Å². The minimum Gasteiger partial charge on any atom is -0.481 e. The van der Waals surface area contributed by atoms with Gasteiger partial charge in [-0.3, -0.25) is 14.3 Å². The molecule has 0 aliphatic carbocycles. The molecule has 1 fully saturated rings. The van der Waals surface area contributed by atoms with Crippen molar-refractivity contribution in [1.82, 2.24) is 14.7 Å². The topological polar surface area (TPSA) is 75.4 Å². The van der Waals surface area contributed by atoms with Gasteiger partial charge in [0.05, 0.1) is 11.6 Å². The lowest BCUT2D eigenvalue weighted by Crippen LogP contribution is -2.31. The van der Waals surface area contributed by atoms with Crippen molar-refractivity contribution in [2.75, 3.05) is 13.1 Å². The zero-order chi connectivity index (χ0) is 18.8. The molecule has 2 unspecified atom stereocenters. The van der Waals surface area contributed by atoms with Gasteiger partial charge < -0.3 is 10.0 Å². The molecule has 1 aliphatic heterocycles. The predicted molar refractivity (Wildman–Crippen MR) is 98.0 cm³/mol.